The number of aromatic nitrogens is 1. The smallest absolute Gasteiger partial charge is 0.267 e. The van der Waals surface area contributed by atoms with Gasteiger partial charge in [-0.15, -0.1) is 12.4 Å². The van der Waals surface area contributed by atoms with E-state index in [1.54, 1.807) is 36.5 Å². The summed E-state index contributed by atoms with van der Waals surface area (Å²) in [7, 11) is -3.74. The fraction of sp³-hybridized carbons (Fsp3) is 0.182. The molecule has 1 atom stereocenters. The van der Waals surface area contributed by atoms with Crippen LogP contribution in [0.15, 0.2) is 76.9 Å². The van der Waals surface area contributed by atoms with Gasteiger partial charge in [-0.05, 0) is 49.4 Å². The Morgan fingerprint density at radius 3 is 2.42 bits per heavy atom. The third kappa shape index (κ3) is 4.50. The second kappa shape index (κ2) is 8.95. The molecule has 1 aliphatic carbocycles. The van der Waals surface area contributed by atoms with Crippen LogP contribution in [0.3, 0.4) is 0 Å². The molecule has 162 valence electrons. The van der Waals surface area contributed by atoms with E-state index in [0.717, 1.165) is 16.7 Å². The lowest BCUT2D eigenvalue weighted by Gasteiger charge is -2.26. The maximum absolute atomic E-state index is 13.3. The summed E-state index contributed by atoms with van der Waals surface area (Å²) < 4.78 is 28.0. The molecule has 0 saturated carbocycles. The van der Waals surface area contributed by atoms with E-state index in [-0.39, 0.29) is 29.2 Å². The van der Waals surface area contributed by atoms with Gasteiger partial charge in [-0.25, -0.2) is 17.8 Å². The van der Waals surface area contributed by atoms with Crippen LogP contribution < -0.4 is 11.2 Å². The average Bonchev–Trinajstić information content (AvgIpc) is 3.18. The van der Waals surface area contributed by atoms with E-state index >= 15 is 0 Å². The normalized spacial score (nSPS) is 16.9. The summed E-state index contributed by atoms with van der Waals surface area (Å²) >= 11 is 0. The number of nitrogens with one attached hydrogen (secondary N) is 2. The minimum absolute atomic E-state index is 0. The molecular weight excluding hydrogens is 434 g/mol. The molecule has 1 heterocycles. The second-order valence-corrected chi connectivity index (χ2v) is 9.20. The molecule has 1 aromatic heterocycles. The summed E-state index contributed by atoms with van der Waals surface area (Å²) in [5.74, 6) is -0.203. The molecule has 0 amide bonds. The summed E-state index contributed by atoms with van der Waals surface area (Å²) in [5, 5.41) is 11.7. The molecule has 9 heteroatoms. The summed E-state index contributed by atoms with van der Waals surface area (Å²) in [4.78, 5) is 0.244. The highest BCUT2D eigenvalue weighted by Gasteiger charge is 2.31. The minimum Gasteiger partial charge on any atom is -0.369 e. The van der Waals surface area contributed by atoms with Crippen molar-refractivity contribution in [3.05, 3.63) is 89.2 Å². The van der Waals surface area contributed by atoms with Crippen LogP contribution in [0.25, 0.3) is 0 Å². The highest BCUT2D eigenvalue weighted by molar-refractivity contribution is 7.90. The Balaban J connectivity index is 0.00000272. The predicted octanol–water partition coefficient (Wildman–Crippen LogP) is 3.37. The number of hydrogen-bond donors (Lipinski definition) is 3. The number of aryl methyl sites for hydroxylation is 1. The van der Waals surface area contributed by atoms with Crippen molar-refractivity contribution < 1.29 is 8.42 Å². The first kappa shape index (κ1) is 22.6. The van der Waals surface area contributed by atoms with Crippen LogP contribution >= 0.6 is 12.4 Å². The lowest BCUT2D eigenvalue weighted by molar-refractivity contribution is 0.581. The Bertz CT molecular complexity index is 1220. The SMILES string of the molecule is Cc1ccc(S(=O)(=O)n2ccc3c2CC(c2ccccc2)C/C3=N\NC(=N)N)cc1.Cl. The number of halogens is 1. The number of rotatable bonds is 4. The molecule has 4 N–H and O–H groups in total. The Labute approximate surface area is 188 Å². The van der Waals surface area contributed by atoms with Gasteiger partial charge in [0.25, 0.3) is 10.0 Å². The lowest BCUT2D eigenvalue weighted by atomic mass is 9.82. The largest absolute Gasteiger partial charge is 0.369 e. The van der Waals surface area contributed by atoms with Gasteiger partial charge in [0.05, 0.1) is 10.6 Å². The summed E-state index contributed by atoms with van der Waals surface area (Å²) in [5.41, 5.74) is 12.1. The molecule has 1 aliphatic rings. The fourth-order valence-electron chi connectivity index (χ4n) is 3.80. The first-order chi connectivity index (χ1) is 14.4. The fourth-order valence-corrected chi connectivity index (χ4v) is 5.19. The van der Waals surface area contributed by atoms with Crippen LogP contribution in [0.2, 0.25) is 0 Å². The van der Waals surface area contributed by atoms with Crippen molar-refractivity contribution in [1.82, 2.24) is 9.40 Å². The Morgan fingerprint density at radius 2 is 1.77 bits per heavy atom. The molecule has 7 nitrogen and oxygen atoms in total. The van der Waals surface area contributed by atoms with Gasteiger partial charge in [-0.2, -0.15) is 5.10 Å². The average molecular weight is 458 g/mol. The predicted molar refractivity (Wildman–Crippen MR) is 125 cm³/mol. The number of hydrogen-bond acceptors (Lipinski definition) is 4. The first-order valence-electron chi connectivity index (χ1n) is 9.60. The third-order valence-electron chi connectivity index (χ3n) is 5.30. The van der Waals surface area contributed by atoms with E-state index in [0.29, 0.717) is 24.2 Å². The Hall–Kier alpha value is -3.10. The lowest BCUT2D eigenvalue weighted by Crippen LogP contribution is -2.29. The van der Waals surface area contributed by atoms with E-state index in [2.05, 4.69) is 10.5 Å². The highest BCUT2D eigenvalue weighted by Crippen LogP contribution is 2.35. The topological polar surface area (TPSA) is 113 Å². The molecule has 0 fully saturated rings. The van der Waals surface area contributed by atoms with Crippen molar-refractivity contribution in [3.8, 4) is 0 Å². The van der Waals surface area contributed by atoms with Crippen molar-refractivity contribution in [1.29, 1.82) is 5.41 Å². The van der Waals surface area contributed by atoms with Crippen molar-refractivity contribution >= 4 is 34.1 Å². The van der Waals surface area contributed by atoms with Crippen molar-refractivity contribution in [3.63, 3.8) is 0 Å². The van der Waals surface area contributed by atoms with Crippen molar-refractivity contribution in [2.45, 2.75) is 30.6 Å². The van der Waals surface area contributed by atoms with E-state index in [1.807, 2.05) is 37.3 Å². The third-order valence-corrected chi connectivity index (χ3v) is 7.03. The van der Waals surface area contributed by atoms with Crippen LogP contribution in [0.1, 0.15) is 34.7 Å². The number of fused-ring (bicyclic) bond motifs is 1. The van der Waals surface area contributed by atoms with E-state index in [1.165, 1.54) is 3.97 Å². The van der Waals surface area contributed by atoms with Crippen LogP contribution in [-0.2, 0) is 16.4 Å². The maximum atomic E-state index is 13.3. The van der Waals surface area contributed by atoms with Gasteiger partial charge in [0, 0.05) is 17.5 Å². The number of nitrogens with two attached hydrogens (primary N) is 1. The molecule has 0 radical (unpaired) electrons. The second-order valence-electron chi connectivity index (χ2n) is 7.39. The number of guanidine groups is 1. The summed E-state index contributed by atoms with van der Waals surface area (Å²) in [6.45, 7) is 1.92. The zero-order valence-electron chi connectivity index (χ0n) is 16.9. The molecule has 0 saturated heterocycles. The van der Waals surface area contributed by atoms with Gasteiger partial charge in [0.1, 0.15) is 0 Å². The molecule has 4 rings (SSSR count). The molecule has 0 aliphatic heterocycles. The van der Waals surface area contributed by atoms with E-state index in [4.69, 9.17) is 11.1 Å². The van der Waals surface area contributed by atoms with Crippen LogP contribution in [0.4, 0.5) is 0 Å². The first-order valence-corrected chi connectivity index (χ1v) is 11.0. The van der Waals surface area contributed by atoms with Gasteiger partial charge >= 0.3 is 0 Å². The van der Waals surface area contributed by atoms with Gasteiger partial charge in [0.15, 0.2) is 0 Å². The van der Waals surface area contributed by atoms with Crippen LogP contribution in [0, 0.1) is 12.3 Å². The molecule has 1 unspecified atom stereocenters. The number of benzene rings is 2. The van der Waals surface area contributed by atoms with Crippen LogP contribution in [0.5, 0.6) is 0 Å². The molecular formula is C22H24ClN5O2S. The summed E-state index contributed by atoms with van der Waals surface area (Å²) in [6.07, 6.45) is 2.76. The molecule has 0 bridgehead atoms. The van der Waals surface area contributed by atoms with Crippen molar-refractivity contribution in [2.75, 3.05) is 0 Å². The number of nitrogens with zero attached hydrogens (tertiary/aromatic N) is 2. The molecule has 2 aromatic carbocycles. The molecule has 3 aromatic rings. The number of hydrazone groups is 1. The van der Waals surface area contributed by atoms with Crippen molar-refractivity contribution in [2.24, 2.45) is 10.8 Å². The van der Waals surface area contributed by atoms with Gasteiger partial charge < -0.3 is 5.73 Å². The highest BCUT2D eigenvalue weighted by atomic mass is 35.5. The monoisotopic (exact) mass is 457 g/mol. The standard InChI is InChI=1S/C22H23N5O2S.ClH/c1-15-7-9-18(10-8-15)30(28,29)27-12-11-19-20(25-26-22(23)24)13-17(14-21(19)27)16-5-3-2-4-6-16;/h2-12,17H,13-14H2,1H3,(H4,23,24,26);1H/b25-20+;. The zero-order valence-corrected chi connectivity index (χ0v) is 18.6. The summed E-state index contributed by atoms with van der Waals surface area (Å²) in [6, 6.07) is 18.6. The van der Waals surface area contributed by atoms with Crippen LogP contribution in [-0.4, -0.2) is 24.1 Å². The Morgan fingerprint density at radius 1 is 1.10 bits per heavy atom. The maximum Gasteiger partial charge on any atom is 0.267 e. The van der Waals surface area contributed by atoms with Gasteiger partial charge in [0.2, 0.25) is 5.96 Å². The van der Waals surface area contributed by atoms with Gasteiger partial charge in [-0.3, -0.25) is 5.41 Å². The molecule has 31 heavy (non-hydrogen) atoms. The van der Waals surface area contributed by atoms with E-state index in [9.17, 15) is 8.42 Å². The zero-order chi connectivity index (χ0) is 21.3. The Kier molecular flexibility index (Phi) is 6.52. The quantitative estimate of drug-likeness (QED) is 0.316. The van der Waals surface area contributed by atoms with E-state index < -0.39 is 10.0 Å². The minimum atomic E-state index is -3.74. The van der Waals surface area contributed by atoms with Gasteiger partial charge in [-0.1, -0.05) is 48.0 Å². The molecule has 0 spiro atoms.